The Labute approximate surface area is 62.8 Å². The lowest BCUT2D eigenvalue weighted by Gasteiger charge is -2.02. The molecular formula is C8H16O2. The summed E-state index contributed by atoms with van der Waals surface area (Å²) in [5.41, 5.74) is 0. The van der Waals surface area contributed by atoms with E-state index in [2.05, 4.69) is 6.92 Å². The van der Waals surface area contributed by atoms with Gasteiger partial charge in [0.2, 0.25) is 0 Å². The third kappa shape index (κ3) is 5.48. The van der Waals surface area contributed by atoms with E-state index in [1.165, 1.54) is 0 Å². The molecule has 60 valence electrons. The second kappa shape index (κ2) is 6.46. The molecule has 0 aromatic rings. The predicted octanol–water partition coefficient (Wildman–Crippen LogP) is 2.31. The van der Waals surface area contributed by atoms with Crippen LogP contribution in [0.1, 0.15) is 27.2 Å². The topological polar surface area (TPSA) is 18.5 Å². The van der Waals surface area contributed by atoms with E-state index < -0.39 is 0 Å². The Bertz CT molecular complexity index is 97.4. The van der Waals surface area contributed by atoms with Crippen molar-refractivity contribution in [1.82, 2.24) is 0 Å². The van der Waals surface area contributed by atoms with Gasteiger partial charge in [-0.3, -0.25) is 0 Å². The van der Waals surface area contributed by atoms with Crippen molar-refractivity contribution in [2.45, 2.75) is 27.2 Å². The van der Waals surface area contributed by atoms with Crippen molar-refractivity contribution in [2.75, 3.05) is 13.2 Å². The summed E-state index contributed by atoms with van der Waals surface area (Å²) in [6, 6.07) is 0. The minimum Gasteiger partial charge on any atom is -0.498 e. The van der Waals surface area contributed by atoms with E-state index in [0.29, 0.717) is 6.61 Å². The molecule has 0 radical (unpaired) electrons. The maximum absolute atomic E-state index is 5.12. The van der Waals surface area contributed by atoms with Crippen molar-refractivity contribution >= 4 is 0 Å². The van der Waals surface area contributed by atoms with Gasteiger partial charge < -0.3 is 9.47 Å². The Morgan fingerprint density at radius 3 is 2.60 bits per heavy atom. The highest BCUT2D eigenvalue weighted by atomic mass is 16.5. The maximum atomic E-state index is 5.12. The van der Waals surface area contributed by atoms with Crippen LogP contribution in [0.5, 0.6) is 0 Å². The van der Waals surface area contributed by atoms with Gasteiger partial charge >= 0.3 is 0 Å². The fourth-order valence-electron chi connectivity index (χ4n) is 0.556. The SMILES string of the molecule is CCCOC=C(C)OCC. The lowest BCUT2D eigenvalue weighted by Crippen LogP contribution is -1.89. The molecule has 0 aromatic heterocycles. The van der Waals surface area contributed by atoms with Gasteiger partial charge in [0.05, 0.1) is 13.2 Å². The molecule has 0 aliphatic heterocycles. The highest BCUT2D eigenvalue weighted by Crippen LogP contribution is 1.95. The van der Waals surface area contributed by atoms with Gasteiger partial charge in [-0.1, -0.05) is 6.92 Å². The molecule has 0 aliphatic carbocycles. The number of hydrogen-bond donors (Lipinski definition) is 0. The first-order chi connectivity index (χ1) is 4.81. The van der Waals surface area contributed by atoms with Gasteiger partial charge in [-0.05, 0) is 20.3 Å². The molecule has 0 bridgehead atoms. The van der Waals surface area contributed by atoms with E-state index in [9.17, 15) is 0 Å². The summed E-state index contributed by atoms with van der Waals surface area (Å²) in [6.45, 7) is 7.39. The molecule has 0 aliphatic rings. The van der Waals surface area contributed by atoms with Crippen LogP contribution in [0.15, 0.2) is 12.0 Å². The lowest BCUT2D eigenvalue weighted by atomic mass is 10.5. The third-order valence-electron chi connectivity index (χ3n) is 0.943. The lowest BCUT2D eigenvalue weighted by molar-refractivity contribution is 0.187. The molecule has 2 nitrogen and oxygen atoms in total. The maximum Gasteiger partial charge on any atom is 0.127 e. The van der Waals surface area contributed by atoms with Crippen LogP contribution in [0.2, 0.25) is 0 Å². The first kappa shape index (κ1) is 9.34. The van der Waals surface area contributed by atoms with E-state index >= 15 is 0 Å². The molecule has 0 heterocycles. The molecule has 0 fully saturated rings. The van der Waals surface area contributed by atoms with Crippen molar-refractivity contribution in [1.29, 1.82) is 0 Å². The fourth-order valence-corrected chi connectivity index (χ4v) is 0.556. The van der Waals surface area contributed by atoms with E-state index in [0.717, 1.165) is 18.8 Å². The highest BCUT2D eigenvalue weighted by Gasteiger charge is 1.85. The average Bonchev–Trinajstić information content (AvgIpc) is 1.89. The minimum atomic E-state index is 0.706. The standard InChI is InChI=1S/C8H16O2/c1-4-6-9-7-8(3)10-5-2/h7H,4-6H2,1-3H3. The second-order valence-corrected chi connectivity index (χ2v) is 2.03. The van der Waals surface area contributed by atoms with Crippen LogP contribution < -0.4 is 0 Å². The highest BCUT2D eigenvalue weighted by molar-refractivity contribution is 4.80. The third-order valence-corrected chi connectivity index (χ3v) is 0.943. The second-order valence-electron chi connectivity index (χ2n) is 2.03. The Morgan fingerprint density at radius 1 is 1.40 bits per heavy atom. The van der Waals surface area contributed by atoms with Crippen LogP contribution in [0.4, 0.5) is 0 Å². The van der Waals surface area contributed by atoms with Crippen molar-refractivity contribution in [3.8, 4) is 0 Å². The quantitative estimate of drug-likeness (QED) is 0.435. The normalized spacial score (nSPS) is 11.3. The molecule has 0 aromatic carbocycles. The minimum absolute atomic E-state index is 0.706. The molecule has 0 amide bonds. The van der Waals surface area contributed by atoms with Crippen molar-refractivity contribution in [2.24, 2.45) is 0 Å². The zero-order chi connectivity index (χ0) is 7.82. The fraction of sp³-hybridized carbons (Fsp3) is 0.750. The molecule has 0 unspecified atom stereocenters. The van der Waals surface area contributed by atoms with Gasteiger partial charge in [-0.2, -0.15) is 0 Å². The summed E-state index contributed by atoms with van der Waals surface area (Å²) in [7, 11) is 0. The largest absolute Gasteiger partial charge is 0.498 e. The number of hydrogen-bond acceptors (Lipinski definition) is 2. The summed E-state index contributed by atoms with van der Waals surface area (Å²) in [5, 5.41) is 0. The van der Waals surface area contributed by atoms with Gasteiger partial charge in [0, 0.05) is 0 Å². The molecule has 0 rings (SSSR count). The van der Waals surface area contributed by atoms with Gasteiger partial charge in [0.1, 0.15) is 12.0 Å². The van der Waals surface area contributed by atoms with Crippen LogP contribution >= 0.6 is 0 Å². The molecule has 0 saturated heterocycles. The van der Waals surface area contributed by atoms with Crippen LogP contribution in [0.3, 0.4) is 0 Å². The predicted molar refractivity (Wildman–Crippen MR) is 41.6 cm³/mol. The number of rotatable bonds is 5. The van der Waals surface area contributed by atoms with Crippen LogP contribution in [0, 0.1) is 0 Å². The zero-order valence-electron chi connectivity index (χ0n) is 7.02. The summed E-state index contributed by atoms with van der Waals surface area (Å²) in [4.78, 5) is 0. The molecule has 0 saturated carbocycles. The van der Waals surface area contributed by atoms with Crippen LogP contribution in [-0.2, 0) is 9.47 Å². The molecule has 10 heavy (non-hydrogen) atoms. The van der Waals surface area contributed by atoms with E-state index in [1.54, 1.807) is 6.26 Å². The van der Waals surface area contributed by atoms with Gasteiger partial charge in [-0.25, -0.2) is 0 Å². The van der Waals surface area contributed by atoms with E-state index in [1.807, 2.05) is 13.8 Å². The van der Waals surface area contributed by atoms with Crippen molar-refractivity contribution < 1.29 is 9.47 Å². The Balaban J connectivity index is 3.28. The Morgan fingerprint density at radius 2 is 2.10 bits per heavy atom. The average molecular weight is 144 g/mol. The first-order valence-electron chi connectivity index (χ1n) is 3.72. The molecule has 0 N–H and O–H groups in total. The molecule has 0 atom stereocenters. The number of allylic oxidation sites excluding steroid dienone is 1. The van der Waals surface area contributed by atoms with Crippen LogP contribution in [0.25, 0.3) is 0 Å². The molecule has 2 heteroatoms. The molecular weight excluding hydrogens is 128 g/mol. The summed E-state index contributed by atoms with van der Waals surface area (Å²) >= 11 is 0. The van der Waals surface area contributed by atoms with Crippen LogP contribution in [-0.4, -0.2) is 13.2 Å². The van der Waals surface area contributed by atoms with Gasteiger partial charge in [0.15, 0.2) is 0 Å². The van der Waals surface area contributed by atoms with Gasteiger partial charge in [0.25, 0.3) is 0 Å². The monoisotopic (exact) mass is 144 g/mol. The zero-order valence-corrected chi connectivity index (χ0v) is 7.02. The first-order valence-corrected chi connectivity index (χ1v) is 3.72. The molecule has 0 spiro atoms. The van der Waals surface area contributed by atoms with Gasteiger partial charge in [-0.15, -0.1) is 0 Å². The Hall–Kier alpha value is -0.660. The number of ether oxygens (including phenoxy) is 2. The van der Waals surface area contributed by atoms with Crippen molar-refractivity contribution in [3.63, 3.8) is 0 Å². The summed E-state index contributed by atoms with van der Waals surface area (Å²) < 4.78 is 10.2. The smallest absolute Gasteiger partial charge is 0.127 e. The summed E-state index contributed by atoms with van der Waals surface area (Å²) in [5.74, 6) is 0.843. The van der Waals surface area contributed by atoms with E-state index in [4.69, 9.17) is 9.47 Å². The Kier molecular flexibility index (Phi) is 6.03. The van der Waals surface area contributed by atoms with Crippen molar-refractivity contribution in [3.05, 3.63) is 12.0 Å². The van der Waals surface area contributed by atoms with E-state index in [-0.39, 0.29) is 0 Å². The summed E-state index contributed by atoms with van der Waals surface area (Å²) in [6.07, 6.45) is 2.70.